The smallest absolute Gasteiger partial charge is 0.253 e. The minimum Gasteiger partial charge on any atom is -0.339 e. The van der Waals surface area contributed by atoms with Crippen LogP contribution < -0.4 is 0 Å². The third kappa shape index (κ3) is 3.96. The summed E-state index contributed by atoms with van der Waals surface area (Å²) in [6.45, 7) is 1.79. The van der Waals surface area contributed by atoms with Crippen LogP contribution in [0.3, 0.4) is 0 Å². The van der Waals surface area contributed by atoms with Crippen molar-refractivity contribution in [1.29, 1.82) is 0 Å². The van der Waals surface area contributed by atoms with Crippen molar-refractivity contribution in [3.8, 4) is 0 Å². The van der Waals surface area contributed by atoms with E-state index in [9.17, 15) is 4.79 Å². The summed E-state index contributed by atoms with van der Waals surface area (Å²) in [5, 5.41) is 0. The predicted octanol–water partition coefficient (Wildman–Crippen LogP) is 4.30. The number of likely N-dealkylation sites (tertiary alicyclic amines) is 1. The van der Waals surface area contributed by atoms with Crippen LogP contribution >= 0.6 is 0 Å². The van der Waals surface area contributed by atoms with Crippen LogP contribution in [-0.2, 0) is 0 Å². The quantitative estimate of drug-likeness (QED) is 0.833. The van der Waals surface area contributed by atoms with Gasteiger partial charge in [-0.2, -0.15) is 0 Å². The molecular weight excluding hydrogens is 272 g/mol. The Labute approximate surface area is 133 Å². The molecule has 0 radical (unpaired) electrons. The van der Waals surface area contributed by atoms with E-state index in [-0.39, 0.29) is 5.91 Å². The molecule has 2 fully saturated rings. The zero-order chi connectivity index (χ0) is 15.2. The molecule has 0 aromatic carbocycles. The zero-order valence-electron chi connectivity index (χ0n) is 13.3. The monoisotopic (exact) mass is 298 g/mol. The lowest BCUT2D eigenvalue weighted by Gasteiger charge is -2.26. The normalized spacial score (nSPS) is 20.5. The van der Waals surface area contributed by atoms with E-state index in [0.717, 1.165) is 37.2 Å². The van der Waals surface area contributed by atoms with Crippen LogP contribution in [0.4, 0.5) is 0 Å². The van der Waals surface area contributed by atoms with Crippen LogP contribution in [-0.4, -0.2) is 28.9 Å². The summed E-state index contributed by atoms with van der Waals surface area (Å²) in [5.41, 5.74) is 1.69. The molecule has 0 atom stereocenters. The van der Waals surface area contributed by atoms with E-state index in [1.165, 1.54) is 38.5 Å². The van der Waals surface area contributed by atoms with Gasteiger partial charge in [-0.1, -0.05) is 25.3 Å². The highest BCUT2D eigenvalue weighted by Gasteiger charge is 2.18. The summed E-state index contributed by atoms with van der Waals surface area (Å²) in [4.78, 5) is 18.9. The molecule has 1 aromatic heterocycles. The minimum absolute atomic E-state index is 0.161. The average Bonchev–Trinajstić information content (AvgIpc) is 2.61. The topological polar surface area (TPSA) is 33.2 Å². The zero-order valence-corrected chi connectivity index (χ0v) is 13.3. The lowest BCUT2D eigenvalue weighted by molar-refractivity contribution is 0.0724. The van der Waals surface area contributed by atoms with Gasteiger partial charge < -0.3 is 4.90 Å². The Bertz CT molecular complexity index is 526. The van der Waals surface area contributed by atoms with Gasteiger partial charge in [0.05, 0.1) is 5.69 Å². The summed E-state index contributed by atoms with van der Waals surface area (Å²) < 4.78 is 0. The lowest BCUT2D eigenvalue weighted by atomic mass is 9.89. The van der Waals surface area contributed by atoms with Crippen LogP contribution in [0.1, 0.15) is 67.4 Å². The summed E-state index contributed by atoms with van der Waals surface area (Å²) in [6.07, 6.45) is 16.3. The molecule has 3 rings (SSSR count). The molecule has 3 nitrogen and oxygen atoms in total. The fourth-order valence-corrected chi connectivity index (χ4v) is 3.51. The Morgan fingerprint density at radius 1 is 1.09 bits per heavy atom. The second-order valence-corrected chi connectivity index (χ2v) is 6.58. The largest absolute Gasteiger partial charge is 0.339 e. The molecule has 0 spiro atoms. The van der Waals surface area contributed by atoms with Gasteiger partial charge in [0.25, 0.3) is 5.91 Å². The van der Waals surface area contributed by atoms with E-state index in [1.807, 2.05) is 17.0 Å². The third-order valence-electron chi connectivity index (χ3n) is 4.86. The molecule has 22 heavy (non-hydrogen) atoms. The number of piperidine rings is 1. The highest BCUT2D eigenvalue weighted by molar-refractivity contribution is 5.94. The fraction of sp³-hybridized carbons (Fsp3) is 0.579. The lowest BCUT2D eigenvalue weighted by Crippen LogP contribution is -2.35. The third-order valence-corrected chi connectivity index (χ3v) is 4.86. The van der Waals surface area contributed by atoms with Crippen LogP contribution in [0, 0.1) is 5.92 Å². The molecule has 0 unspecified atom stereocenters. The first-order chi connectivity index (χ1) is 10.8. The molecule has 3 heteroatoms. The maximum Gasteiger partial charge on any atom is 0.253 e. The van der Waals surface area contributed by atoms with E-state index in [0.29, 0.717) is 5.92 Å². The molecule has 1 amide bonds. The van der Waals surface area contributed by atoms with Gasteiger partial charge in [0.1, 0.15) is 0 Å². The highest BCUT2D eigenvalue weighted by Crippen LogP contribution is 2.25. The van der Waals surface area contributed by atoms with Gasteiger partial charge in [0, 0.05) is 24.8 Å². The molecule has 1 aromatic rings. The van der Waals surface area contributed by atoms with Gasteiger partial charge in [-0.05, 0) is 56.2 Å². The first kappa shape index (κ1) is 15.3. The molecule has 1 saturated carbocycles. The van der Waals surface area contributed by atoms with Crippen LogP contribution in [0.5, 0.6) is 0 Å². The molecule has 2 aliphatic rings. The number of carbonyl (C=O) groups is 1. The first-order valence-corrected chi connectivity index (χ1v) is 8.76. The highest BCUT2D eigenvalue weighted by atomic mass is 16.2. The number of pyridine rings is 1. The van der Waals surface area contributed by atoms with Crippen molar-refractivity contribution >= 4 is 12.0 Å². The Balaban J connectivity index is 1.66. The van der Waals surface area contributed by atoms with Crippen molar-refractivity contribution in [2.45, 2.75) is 51.4 Å². The molecule has 1 aliphatic heterocycles. The first-order valence-electron chi connectivity index (χ1n) is 8.76. The molecule has 1 aliphatic carbocycles. The van der Waals surface area contributed by atoms with Crippen LogP contribution in [0.25, 0.3) is 6.08 Å². The van der Waals surface area contributed by atoms with Crippen LogP contribution in [0.15, 0.2) is 24.4 Å². The molecular formula is C19H26N2O. The van der Waals surface area contributed by atoms with Gasteiger partial charge in [-0.15, -0.1) is 0 Å². The van der Waals surface area contributed by atoms with Gasteiger partial charge in [-0.25, -0.2) is 0 Å². The van der Waals surface area contributed by atoms with Crippen molar-refractivity contribution in [3.05, 3.63) is 35.7 Å². The van der Waals surface area contributed by atoms with E-state index in [4.69, 9.17) is 0 Å². The maximum absolute atomic E-state index is 12.5. The second kappa shape index (κ2) is 7.57. The Morgan fingerprint density at radius 2 is 1.82 bits per heavy atom. The summed E-state index contributed by atoms with van der Waals surface area (Å²) >= 11 is 0. The van der Waals surface area contributed by atoms with Crippen molar-refractivity contribution in [3.63, 3.8) is 0 Å². The van der Waals surface area contributed by atoms with E-state index in [1.54, 1.807) is 6.20 Å². The fourth-order valence-electron chi connectivity index (χ4n) is 3.51. The summed E-state index contributed by atoms with van der Waals surface area (Å²) in [7, 11) is 0. The average molecular weight is 298 g/mol. The minimum atomic E-state index is 0.161. The number of carbonyl (C=O) groups excluding carboxylic acids is 1. The summed E-state index contributed by atoms with van der Waals surface area (Å²) in [5.74, 6) is 0.853. The Morgan fingerprint density at radius 3 is 2.59 bits per heavy atom. The number of hydrogen-bond acceptors (Lipinski definition) is 2. The van der Waals surface area contributed by atoms with Gasteiger partial charge >= 0.3 is 0 Å². The van der Waals surface area contributed by atoms with E-state index >= 15 is 0 Å². The van der Waals surface area contributed by atoms with Gasteiger partial charge in [0.15, 0.2) is 0 Å². The second-order valence-electron chi connectivity index (χ2n) is 6.58. The molecule has 0 bridgehead atoms. The maximum atomic E-state index is 12.5. The molecule has 118 valence electrons. The van der Waals surface area contributed by atoms with Crippen molar-refractivity contribution < 1.29 is 4.79 Å². The van der Waals surface area contributed by atoms with E-state index < -0.39 is 0 Å². The summed E-state index contributed by atoms with van der Waals surface area (Å²) in [6, 6.07) is 3.78. The molecule has 1 saturated heterocycles. The number of rotatable bonds is 3. The van der Waals surface area contributed by atoms with Crippen molar-refractivity contribution in [2.75, 3.05) is 13.1 Å². The number of allylic oxidation sites excluding steroid dienone is 1. The van der Waals surface area contributed by atoms with Crippen molar-refractivity contribution in [1.82, 2.24) is 9.88 Å². The molecule has 2 heterocycles. The van der Waals surface area contributed by atoms with Gasteiger partial charge in [0.2, 0.25) is 0 Å². The Hall–Kier alpha value is -1.64. The van der Waals surface area contributed by atoms with Gasteiger partial charge in [-0.3, -0.25) is 9.78 Å². The van der Waals surface area contributed by atoms with Crippen molar-refractivity contribution in [2.24, 2.45) is 5.92 Å². The standard InChI is InChI=1S/C19H26N2O/c22-19(21-13-5-2-6-14-21)17-11-12-20-18(15-17)10-9-16-7-3-1-4-8-16/h9-12,15-16H,1-8,13-14H2/b10-9+. The number of hydrogen-bond donors (Lipinski definition) is 0. The predicted molar refractivity (Wildman–Crippen MR) is 89.6 cm³/mol. The number of nitrogens with zero attached hydrogens (tertiary/aromatic N) is 2. The van der Waals surface area contributed by atoms with Crippen LogP contribution in [0.2, 0.25) is 0 Å². The Kier molecular flexibility index (Phi) is 5.25. The van der Waals surface area contributed by atoms with E-state index in [2.05, 4.69) is 17.1 Å². The molecule has 0 N–H and O–H groups in total. The SMILES string of the molecule is O=C(c1ccnc(/C=C/C2CCCCC2)c1)N1CCCCC1. The number of amides is 1. The number of aromatic nitrogens is 1.